The Kier molecular flexibility index (Phi) is 7.62. The molecule has 3 aromatic carbocycles. The summed E-state index contributed by atoms with van der Waals surface area (Å²) in [6.07, 6.45) is -0.330. The highest BCUT2D eigenvalue weighted by atomic mass is 32.2. The molecular formula is C23H24N2O7S. The van der Waals surface area contributed by atoms with Crippen LogP contribution in [0.4, 0.5) is 5.69 Å². The molecule has 0 aliphatic heterocycles. The number of hydrogen-bond donors (Lipinski definition) is 1. The van der Waals surface area contributed by atoms with Crippen molar-refractivity contribution < 1.29 is 27.6 Å². The number of fused-ring (bicyclic) bond motifs is 1. The normalized spacial score (nSPS) is 12.3. The van der Waals surface area contributed by atoms with Gasteiger partial charge in [-0.05, 0) is 31.5 Å². The van der Waals surface area contributed by atoms with Crippen LogP contribution in [0, 0.1) is 10.1 Å². The summed E-state index contributed by atoms with van der Waals surface area (Å²) >= 11 is 0. The van der Waals surface area contributed by atoms with Gasteiger partial charge in [0.15, 0.2) is 0 Å². The summed E-state index contributed by atoms with van der Waals surface area (Å²) < 4.78 is 40.0. The lowest BCUT2D eigenvalue weighted by molar-refractivity contribution is -0.384. The molecule has 174 valence electrons. The van der Waals surface area contributed by atoms with Crippen molar-refractivity contribution in [3.8, 4) is 5.75 Å². The predicted molar refractivity (Wildman–Crippen MR) is 123 cm³/mol. The monoisotopic (exact) mass is 472 g/mol. The minimum atomic E-state index is -4.14. The van der Waals surface area contributed by atoms with Crippen molar-refractivity contribution in [2.45, 2.75) is 31.2 Å². The Morgan fingerprint density at radius 2 is 1.76 bits per heavy atom. The van der Waals surface area contributed by atoms with E-state index in [0.29, 0.717) is 23.1 Å². The molecule has 0 aliphatic rings. The van der Waals surface area contributed by atoms with Crippen LogP contribution >= 0.6 is 0 Å². The molecule has 10 heteroatoms. The van der Waals surface area contributed by atoms with Crippen LogP contribution in [0.15, 0.2) is 65.6 Å². The summed E-state index contributed by atoms with van der Waals surface area (Å²) in [5.41, 5.74) is 0.0585. The Bertz CT molecular complexity index is 1270. The molecule has 0 spiro atoms. The van der Waals surface area contributed by atoms with E-state index in [2.05, 4.69) is 4.72 Å². The lowest BCUT2D eigenvalue weighted by Gasteiger charge is -2.20. The van der Waals surface area contributed by atoms with Crippen molar-refractivity contribution in [3.63, 3.8) is 0 Å². The van der Waals surface area contributed by atoms with E-state index in [1.54, 1.807) is 37.3 Å². The molecule has 0 aliphatic carbocycles. The molecule has 3 rings (SSSR count). The maximum absolute atomic E-state index is 13.4. The van der Waals surface area contributed by atoms with E-state index < -0.39 is 27.0 Å². The van der Waals surface area contributed by atoms with Crippen LogP contribution in [0.2, 0.25) is 0 Å². The van der Waals surface area contributed by atoms with Gasteiger partial charge in [0.2, 0.25) is 10.0 Å². The molecule has 0 saturated heterocycles. The number of nitrogens with one attached hydrogen (secondary N) is 1. The third-order valence-electron chi connectivity index (χ3n) is 4.89. The second kappa shape index (κ2) is 10.4. The van der Waals surface area contributed by atoms with Gasteiger partial charge in [0.25, 0.3) is 5.69 Å². The summed E-state index contributed by atoms with van der Waals surface area (Å²) in [5.74, 6) is -0.0814. The molecule has 0 saturated carbocycles. The highest BCUT2D eigenvalue weighted by Gasteiger charge is 2.27. The maximum Gasteiger partial charge on any atom is 0.307 e. The highest BCUT2D eigenvalue weighted by molar-refractivity contribution is 7.89. The van der Waals surface area contributed by atoms with Crippen molar-refractivity contribution >= 4 is 32.5 Å². The molecule has 0 aromatic heterocycles. The third-order valence-corrected chi connectivity index (χ3v) is 6.42. The van der Waals surface area contributed by atoms with Crippen molar-refractivity contribution in [2.75, 3.05) is 13.2 Å². The van der Waals surface area contributed by atoms with Crippen molar-refractivity contribution in [2.24, 2.45) is 0 Å². The zero-order valence-electron chi connectivity index (χ0n) is 18.2. The average Bonchev–Trinajstić information content (AvgIpc) is 2.79. The van der Waals surface area contributed by atoms with Crippen molar-refractivity contribution in [1.29, 1.82) is 0 Å². The van der Waals surface area contributed by atoms with Gasteiger partial charge >= 0.3 is 5.97 Å². The maximum atomic E-state index is 13.4. The fourth-order valence-electron chi connectivity index (χ4n) is 3.48. The Morgan fingerprint density at radius 1 is 1.03 bits per heavy atom. The highest BCUT2D eigenvalue weighted by Crippen LogP contribution is 2.32. The van der Waals surface area contributed by atoms with Crippen molar-refractivity contribution in [3.05, 3.63) is 76.3 Å². The first-order valence-electron chi connectivity index (χ1n) is 10.3. The summed E-state index contributed by atoms with van der Waals surface area (Å²) in [6, 6.07) is 14.4. The number of carbonyl (C=O) groups excluding carboxylic acids is 1. The lowest BCUT2D eigenvalue weighted by atomic mass is 10.0. The molecule has 9 nitrogen and oxygen atoms in total. The molecule has 0 amide bonds. The standard InChI is InChI=1S/C23H24N2O7S/c1-3-31-21-12-13-22(19-11-6-5-10-18(19)21)33(29,30)24-20(15-23(26)32-4-2)16-8-7-9-17(14-16)25(27)28/h5-14,20,24H,3-4,15H2,1-2H3/t20-/m0/s1. The van der Waals surface area contributed by atoms with Crippen LogP contribution < -0.4 is 9.46 Å². The molecule has 0 fully saturated rings. The molecule has 33 heavy (non-hydrogen) atoms. The number of nitrogens with zero attached hydrogens (tertiary/aromatic N) is 1. The first-order valence-corrected chi connectivity index (χ1v) is 11.8. The second-order valence-corrected chi connectivity index (χ2v) is 8.76. The predicted octanol–water partition coefficient (Wildman–Crippen LogP) is 4.12. The van der Waals surface area contributed by atoms with E-state index >= 15 is 0 Å². The van der Waals surface area contributed by atoms with E-state index in [0.717, 1.165) is 0 Å². The minimum Gasteiger partial charge on any atom is -0.493 e. The van der Waals surface area contributed by atoms with Gasteiger partial charge in [-0.1, -0.05) is 36.4 Å². The van der Waals surface area contributed by atoms with Gasteiger partial charge in [-0.15, -0.1) is 0 Å². The minimum absolute atomic E-state index is 0.000780. The first-order chi connectivity index (χ1) is 15.8. The number of esters is 1. The molecular weight excluding hydrogens is 448 g/mol. The van der Waals surface area contributed by atoms with Crippen LogP contribution in [0.3, 0.4) is 0 Å². The Hall–Kier alpha value is -3.50. The molecule has 0 radical (unpaired) electrons. The zero-order valence-corrected chi connectivity index (χ0v) is 19.0. The zero-order chi connectivity index (χ0) is 24.0. The summed E-state index contributed by atoms with van der Waals surface area (Å²) in [4.78, 5) is 22.8. The molecule has 3 aromatic rings. The topological polar surface area (TPSA) is 125 Å². The van der Waals surface area contributed by atoms with Gasteiger partial charge in [-0.25, -0.2) is 13.1 Å². The van der Waals surface area contributed by atoms with Gasteiger partial charge in [-0.3, -0.25) is 14.9 Å². The molecule has 1 atom stereocenters. The summed E-state index contributed by atoms with van der Waals surface area (Å²) in [7, 11) is -4.14. The number of carbonyl (C=O) groups is 1. The van der Waals surface area contributed by atoms with E-state index in [4.69, 9.17) is 9.47 Å². The van der Waals surface area contributed by atoms with Gasteiger partial charge < -0.3 is 9.47 Å². The number of ether oxygens (including phenoxy) is 2. The Morgan fingerprint density at radius 3 is 2.42 bits per heavy atom. The van der Waals surface area contributed by atoms with Crippen LogP contribution in [0.25, 0.3) is 10.8 Å². The van der Waals surface area contributed by atoms with Gasteiger partial charge in [0, 0.05) is 22.9 Å². The number of benzene rings is 3. The largest absolute Gasteiger partial charge is 0.493 e. The van der Waals surface area contributed by atoms with E-state index in [-0.39, 0.29) is 29.2 Å². The number of nitro benzene ring substituents is 1. The molecule has 1 N–H and O–H groups in total. The van der Waals surface area contributed by atoms with Crippen LogP contribution in [-0.2, 0) is 19.6 Å². The van der Waals surface area contributed by atoms with Gasteiger partial charge in [0.1, 0.15) is 5.75 Å². The Balaban J connectivity index is 2.05. The lowest BCUT2D eigenvalue weighted by Crippen LogP contribution is -2.31. The quantitative estimate of drug-likeness (QED) is 0.267. The van der Waals surface area contributed by atoms with E-state index in [1.807, 2.05) is 6.92 Å². The molecule has 0 unspecified atom stereocenters. The third kappa shape index (κ3) is 5.65. The second-order valence-electron chi connectivity index (χ2n) is 7.08. The first kappa shape index (κ1) is 24.1. The smallest absolute Gasteiger partial charge is 0.307 e. The van der Waals surface area contributed by atoms with E-state index in [9.17, 15) is 23.3 Å². The number of non-ortho nitro benzene ring substituents is 1. The van der Waals surface area contributed by atoms with Crippen LogP contribution in [0.1, 0.15) is 31.9 Å². The number of nitro groups is 1. The molecule has 0 heterocycles. The van der Waals surface area contributed by atoms with Crippen LogP contribution in [0.5, 0.6) is 5.75 Å². The number of sulfonamides is 1. The number of rotatable bonds is 10. The summed E-state index contributed by atoms with van der Waals surface area (Å²) in [5, 5.41) is 12.3. The number of hydrogen-bond acceptors (Lipinski definition) is 7. The fourth-order valence-corrected chi connectivity index (χ4v) is 4.92. The average molecular weight is 473 g/mol. The fraction of sp³-hybridized carbons (Fsp3) is 0.261. The van der Waals surface area contributed by atoms with Crippen molar-refractivity contribution in [1.82, 2.24) is 4.72 Å². The summed E-state index contributed by atoms with van der Waals surface area (Å²) in [6.45, 7) is 4.01. The molecule has 0 bridgehead atoms. The SMILES string of the molecule is CCOC(=O)C[C@H](NS(=O)(=O)c1ccc(OCC)c2ccccc12)c1cccc([N+](=O)[O-])c1. The Labute approximate surface area is 191 Å². The van der Waals surface area contributed by atoms with Gasteiger partial charge in [-0.2, -0.15) is 0 Å². The van der Waals surface area contributed by atoms with E-state index in [1.165, 1.54) is 30.3 Å². The van der Waals surface area contributed by atoms with Gasteiger partial charge in [0.05, 0.1) is 35.5 Å². The van der Waals surface area contributed by atoms with Crippen LogP contribution in [-0.4, -0.2) is 32.5 Å².